The number of nitrogens with zero attached hydrogens (tertiary/aromatic N) is 4. The number of carbonyl (C=O) groups excluding carboxylic acids is 4. The van der Waals surface area contributed by atoms with E-state index in [-0.39, 0.29) is 70.7 Å². The SMILES string of the molecule is COC(=O)C[C@H](C(=O)N1[C@@H]2CC[C@@H](C2)[C@H]1C1=Nc2ccc(-c3ccc4c(c3)C(F)(F)c3cc(C5=CN=C([C@@H]6CC7(CC7)CN6C(=O)[C@@H](NC(=O)CO)C(C)C)C5)ccc3-4)cc2C1)C(C)C. The number of allylic oxidation sites excluding steroid dienone is 1. The molecule has 2 bridgehead atoms. The first-order valence-corrected chi connectivity index (χ1v) is 23.3. The molecule has 65 heavy (non-hydrogen) atoms. The molecule has 6 atom stereocenters. The molecule has 3 aromatic carbocycles. The van der Waals surface area contributed by atoms with Crippen LogP contribution in [0, 0.1) is 29.1 Å². The summed E-state index contributed by atoms with van der Waals surface area (Å²) in [6, 6.07) is 15.4. The summed E-state index contributed by atoms with van der Waals surface area (Å²) in [6.45, 7) is 7.55. The van der Waals surface area contributed by atoms with E-state index in [2.05, 4.69) is 5.32 Å². The number of hydrogen-bond donors (Lipinski definition) is 2. The number of hydrogen-bond acceptors (Lipinski definition) is 8. The van der Waals surface area contributed by atoms with E-state index < -0.39 is 30.4 Å². The van der Waals surface area contributed by atoms with Gasteiger partial charge in [-0.3, -0.25) is 29.2 Å². The number of benzene rings is 3. The van der Waals surface area contributed by atoms with Crippen molar-refractivity contribution in [1.29, 1.82) is 0 Å². The van der Waals surface area contributed by atoms with Gasteiger partial charge in [-0.25, -0.2) is 0 Å². The summed E-state index contributed by atoms with van der Waals surface area (Å²) in [5.41, 5.74) is 7.52. The molecule has 3 amide bonds. The Balaban J connectivity index is 0.846. The molecule has 3 aliphatic carbocycles. The number of aliphatic hydroxyl groups excluding tert-OH is 1. The Morgan fingerprint density at radius 1 is 0.877 bits per heavy atom. The van der Waals surface area contributed by atoms with Crippen LogP contribution in [0.2, 0.25) is 0 Å². The minimum absolute atomic E-state index is 0.00742. The fourth-order valence-electron chi connectivity index (χ4n) is 11.8. The van der Waals surface area contributed by atoms with Crippen molar-refractivity contribution in [2.75, 3.05) is 20.3 Å². The van der Waals surface area contributed by atoms with Crippen LogP contribution in [0.25, 0.3) is 27.8 Å². The van der Waals surface area contributed by atoms with Gasteiger partial charge in [0.05, 0.1) is 37.2 Å². The highest BCUT2D eigenvalue weighted by Gasteiger charge is 2.56. The van der Waals surface area contributed by atoms with E-state index in [0.29, 0.717) is 47.6 Å². The van der Waals surface area contributed by atoms with Crippen LogP contribution in [0.1, 0.15) is 101 Å². The molecule has 10 rings (SSSR count). The second-order valence-corrected chi connectivity index (χ2v) is 20.4. The third-order valence-electron chi connectivity index (χ3n) is 15.6. The Labute approximate surface area is 378 Å². The number of likely N-dealkylation sites (tertiary alicyclic amines) is 2. The Morgan fingerprint density at radius 2 is 1.57 bits per heavy atom. The number of nitrogens with one attached hydrogen (secondary N) is 1. The van der Waals surface area contributed by atoms with Gasteiger partial charge in [0.25, 0.3) is 5.92 Å². The average Bonchev–Trinajstić information content (AvgIpc) is 3.95. The van der Waals surface area contributed by atoms with Crippen LogP contribution in [0.3, 0.4) is 0 Å². The largest absolute Gasteiger partial charge is 0.469 e. The molecule has 7 aliphatic rings. The minimum atomic E-state index is -3.25. The van der Waals surface area contributed by atoms with Crippen LogP contribution < -0.4 is 5.32 Å². The van der Waals surface area contributed by atoms with E-state index in [1.54, 1.807) is 30.5 Å². The first-order valence-electron chi connectivity index (χ1n) is 23.3. The van der Waals surface area contributed by atoms with Crippen molar-refractivity contribution >= 4 is 46.4 Å². The van der Waals surface area contributed by atoms with Gasteiger partial charge in [0.1, 0.15) is 12.6 Å². The van der Waals surface area contributed by atoms with Crippen molar-refractivity contribution in [3.05, 3.63) is 83.1 Å². The predicted molar refractivity (Wildman–Crippen MR) is 244 cm³/mol. The standard InChI is InChI=1S/C52H57F2N5O6/c1-27(2)38(22-46(62)65-5)49(63)59-35-10-6-32(17-35)48(59)43-20-33-16-29(9-13-41(33)56-43)30-7-11-36-37-12-8-31(19-40(37)52(53,54)39(36)18-30)34-21-42(55-24-34)44-23-51(14-15-51)26-58(44)50(64)47(28(3)4)57-45(61)25-60/h7-9,11-13,16,18-19,24,27-28,32,35,38,44,47-48,60H,6,10,14-15,17,20-23,25-26H2,1-5H3,(H,57,61)/t32-,35+,38-,44-,47-,48-/m0/s1. The van der Waals surface area contributed by atoms with E-state index in [9.17, 15) is 24.3 Å². The van der Waals surface area contributed by atoms with Crippen molar-refractivity contribution in [3.8, 4) is 22.3 Å². The van der Waals surface area contributed by atoms with E-state index in [0.717, 1.165) is 72.3 Å². The molecule has 340 valence electrons. The number of ether oxygens (including phenoxy) is 1. The van der Waals surface area contributed by atoms with Gasteiger partial charge in [0.15, 0.2) is 0 Å². The fourth-order valence-corrected chi connectivity index (χ4v) is 11.8. The quantitative estimate of drug-likeness (QED) is 0.177. The molecule has 1 spiro atoms. The van der Waals surface area contributed by atoms with Gasteiger partial charge >= 0.3 is 5.97 Å². The van der Waals surface area contributed by atoms with Crippen LogP contribution in [-0.2, 0) is 36.3 Å². The Morgan fingerprint density at radius 3 is 2.25 bits per heavy atom. The Hall–Kier alpha value is -5.56. The van der Waals surface area contributed by atoms with Gasteiger partial charge in [0.2, 0.25) is 17.7 Å². The molecule has 4 aliphatic heterocycles. The third-order valence-corrected chi connectivity index (χ3v) is 15.6. The zero-order valence-electron chi connectivity index (χ0n) is 37.7. The molecule has 0 aromatic heterocycles. The van der Waals surface area contributed by atoms with Crippen molar-refractivity contribution in [3.63, 3.8) is 0 Å². The number of alkyl halides is 2. The Bertz CT molecular complexity index is 2610. The number of aliphatic imine (C=N–C) groups is 2. The summed E-state index contributed by atoms with van der Waals surface area (Å²) in [4.78, 5) is 66.4. The second-order valence-electron chi connectivity index (χ2n) is 20.4. The van der Waals surface area contributed by atoms with Crippen molar-refractivity contribution in [2.24, 2.45) is 39.1 Å². The monoisotopic (exact) mass is 885 g/mol. The summed E-state index contributed by atoms with van der Waals surface area (Å²) in [5.74, 6) is -4.81. The fraction of sp³-hybridized carbons (Fsp3) is 0.500. The highest BCUT2D eigenvalue weighted by molar-refractivity contribution is 6.05. The average molecular weight is 886 g/mol. The molecule has 2 saturated heterocycles. The summed E-state index contributed by atoms with van der Waals surface area (Å²) in [6.07, 6.45) is 8.49. The minimum Gasteiger partial charge on any atom is -0.469 e. The predicted octanol–water partition coefficient (Wildman–Crippen LogP) is 8.02. The summed E-state index contributed by atoms with van der Waals surface area (Å²) in [5, 5.41) is 12.1. The molecule has 2 saturated carbocycles. The second kappa shape index (κ2) is 16.1. The number of esters is 1. The van der Waals surface area contributed by atoms with Crippen LogP contribution in [0.5, 0.6) is 0 Å². The van der Waals surface area contributed by atoms with Crippen LogP contribution in [-0.4, -0.2) is 94.4 Å². The maximum absolute atomic E-state index is 16.7. The smallest absolute Gasteiger partial charge is 0.306 e. The topological polar surface area (TPSA) is 141 Å². The maximum atomic E-state index is 16.7. The van der Waals surface area contributed by atoms with Gasteiger partial charge in [-0.15, -0.1) is 0 Å². The molecular formula is C52H57F2N5O6. The van der Waals surface area contributed by atoms with Crippen LogP contribution >= 0.6 is 0 Å². The molecule has 0 radical (unpaired) electrons. The first kappa shape index (κ1) is 43.3. The lowest BCUT2D eigenvalue weighted by atomic mass is 9.87. The summed E-state index contributed by atoms with van der Waals surface area (Å²) in [7, 11) is 1.35. The number of rotatable bonds is 12. The zero-order valence-corrected chi connectivity index (χ0v) is 37.7. The number of amides is 3. The van der Waals surface area contributed by atoms with Crippen molar-refractivity contribution in [1.82, 2.24) is 15.1 Å². The number of methoxy groups -OCH3 is 1. The lowest BCUT2D eigenvalue weighted by Gasteiger charge is -2.38. The van der Waals surface area contributed by atoms with Gasteiger partial charge < -0.3 is 25.0 Å². The van der Waals surface area contributed by atoms with E-state index in [1.807, 2.05) is 67.8 Å². The number of piperidine rings is 1. The molecule has 4 fully saturated rings. The molecule has 4 heterocycles. The third kappa shape index (κ3) is 7.42. The molecule has 11 nitrogen and oxygen atoms in total. The zero-order chi connectivity index (χ0) is 45.7. The first-order chi connectivity index (χ1) is 31.1. The lowest BCUT2D eigenvalue weighted by Crippen LogP contribution is -2.54. The number of carbonyl (C=O) groups is 4. The summed E-state index contributed by atoms with van der Waals surface area (Å²) >= 11 is 0. The van der Waals surface area contributed by atoms with Crippen LogP contribution in [0.15, 0.2) is 70.8 Å². The molecule has 3 aromatic rings. The molecular weight excluding hydrogens is 829 g/mol. The van der Waals surface area contributed by atoms with Gasteiger partial charge in [-0.05, 0) is 125 Å². The number of fused-ring (bicyclic) bond motifs is 6. The van der Waals surface area contributed by atoms with Crippen molar-refractivity contribution in [2.45, 2.75) is 116 Å². The van der Waals surface area contributed by atoms with E-state index in [1.165, 1.54) is 7.11 Å². The molecule has 13 heteroatoms. The van der Waals surface area contributed by atoms with Gasteiger partial charge in [-0.2, -0.15) is 8.78 Å². The maximum Gasteiger partial charge on any atom is 0.306 e. The van der Waals surface area contributed by atoms with Gasteiger partial charge in [-0.1, -0.05) is 58.0 Å². The summed E-state index contributed by atoms with van der Waals surface area (Å²) < 4.78 is 38.4. The highest BCUT2D eigenvalue weighted by Crippen LogP contribution is 2.56. The molecule has 2 N–H and O–H groups in total. The molecule has 0 unspecified atom stereocenters. The number of halogens is 2. The number of aliphatic hydroxyl groups is 1. The van der Waals surface area contributed by atoms with Crippen molar-refractivity contribution < 1.29 is 37.8 Å². The van der Waals surface area contributed by atoms with Crippen LogP contribution in [0.4, 0.5) is 14.5 Å². The Kier molecular flexibility index (Phi) is 10.7. The normalized spacial score (nSPS) is 24.7. The van der Waals surface area contributed by atoms with E-state index in [4.69, 9.17) is 14.7 Å². The highest BCUT2D eigenvalue weighted by atomic mass is 19.3. The van der Waals surface area contributed by atoms with E-state index >= 15 is 8.78 Å². The van der Waals surface area contributed by atoms with Gasteiger partial charge in [0, 0.05) is 54.2 Å². The lowest BCUT2D eigenvalue weighted by molar-refractivity contribution is -0.149.